The maximum atomic E-state index is 12.8. The van der Waals surface area contributed by atoms with Gasteiger partial charge in [0.25, 0.3) is 5.91 Å². The standard InChI is InChI=1S/C20H26N2O4/c1-21(14-15-11-12-17(24-3)18(13-15)25-4)22(2)20(23)19(26-5)16-9-7-6-8-10-16/h6-13,19H,14H2,1-5H3. The second-order valence-electron chi connectivity index (χ2n) is 5.89. The van der Waals surface area contributed by atoms with E-state index in [0.717, 1.165) is 11.1 Å². The van der Waals surface area contributed by atoms with Gasteiger partial charge in [-0.25, -0.2) is 5.01 Å². The highest BCUT2D eigenvalue weighted by Crippen LogP contribution is 2.28. The molecule has 0 aliphatic heterocycles. The summed E-state index contributed by atoms with van der Waals surface area (Å²) in [5, 5.41) is 3.40. The Labute approximate surface area is 154 Å². The van der Waals surface area contributed by atoms with Crippen LogP contribution in [0.3, 0.4) is 0 Å². The summed E-state index contributed by atoms with van der Waals surface area (Å²) in [6, 6.07) is 15.2. The largest absolute Gasteiger partial charge is 0.493 e. The highest BCUT2D eigenvalue weighted by atomic mass is 16.5. The molecule has 1 unspecified atom stereocenters. The number of nitrogens with zero attached hydrogens (tertiary/aromatic N) is 2. The molecule has 0 bridgehead atoms. The van der Waals surface area contributed by atoms with Crippen LogP contribution in [0.25, 0.3) is 0 Å². The summed E-state index contributed by atoms with van der Waals surface area (Å²) in [6.07, 6.45) is -0.644. The summed E-state index contributed by atoms with van der Waals surface area (Å²) in [5.41, 5.74) is 1.82. The minimum absolute atomic E-state index is 0.137. The molecule has 0 aliphatic carbocycles. The van der Waals surface area contributed by atoms with E-state index in [4.69, 9.17) is 14.2 Å². The van der Waals surface area contributed by atoms with Crippen LogP contribution in [-0.2, 0) is 16.1 Å². The zero-order valence-electron chi connectivity index (χ0n) is 15.9. The number of likely N-dealkylation sites (N-methyl/N-ethyl adjacent to an activating group) is 1. The molecule has 1 atom stereocenters. The number of amides is 1. The maximum Gasteiger partial charge on any atom is 0.270 e. The zero-order valence-corrected chi connectivity index (χ0v) is 15.9. The third-order valence-corrected chi connectivity index (χ3v) is 4.25. The lowest BCUT2D eigenvalue weighted by atomic mass is 10.1. The lowest BCUT2D eigenvalue weighted by molar-refractivity contribution is -0.156. The Balaban J connectivity index is 2.11. The zero-order chi connectivity index (χ0) is 19.1. The summed E-state index contributed by atoms with van der Waals surface area (Å²) in [6.45, 7) is 0.536. The van der Waals surface area contributed by atoms with E-state index in [-0.39, 0.29) is 5.91 Å². The molecule has 6 nitrogen and oxygen atoms in total. The first-order chi connectivity index (χ1) is 12.5. The first-order valence-corrected chi connectivity index (χ1v) is 8.29. The van der Waals surface area contributed by atoms with Gasteiger partial charge in [0.2, 0.25) is 0 Å². The molecule has 0 aliphatic rings. The van der Waals surface area contributed by atoms with Gasteiger partial charge in [-0.05, 0) is 23.3 Å². The Hall–Kier alpha value is -2.57. The van der Waals surface area contributed by atoms with Crippen molar-refractivity contribution in [1.82, 2.24) is 10.0 Å². The minimum Gasteiger partial charge on any atom is -0.493 e. The van der Waals surface area contributed by atoms with Gasteiger partial charge >= 0.3 is 0 Å². The van der Waals surface area contributed by atoms with Crippen molar-refractivity contribution in [3.8, 4) is 11.5 Å². The molecule has 140 valence electrons. The molecule has 0 spiro atoms. The van der Waals surface area contributed by atoms with Crippen molar-refractivity contribution in [2.45, 2.75) is 12.6 Å². The second-order valence-corrected chi connectivity index (χ2v) is 5.89. The molecule has 0 radical (unpaired) electrons. The SMILES string of the molecule is COc1ccc(CN(C)N(C)C(=O)C(OC)c2ccccc2)cc1OC. The van der Waals surface area contributed by atoms with E-state index in [1.54, 1.807) is 26.3 Å². The molecule has 0 aromatic heterocycles. The lowest BCUT2D eigenvalue weighted by Gasteiger charge is -2.31. The topological polar surface area (TPSA) is 51.2 Å². The van der Waals surface area contributed by atoms with E-state index < -0.39 is 6.10 Å². The van der Waals surface area contributed by atoms with Gasteiger partial charge in [-0.2, -0.15) is 0 Å². The number of hydrogen-bond acceptors (Lipinski definition) is 5. The van der Waals surface area contributed by atoms with Gasteiger partial charge in [-0.15, -0.1) is 0 Å². The molecular weight excluding hydrogens is 332 g/mol. The number of rotatable bonds is 8. The number of hydrazine groups is 1. The van der Waals surface area contributed by atoms with Crippen molar-refractivity contribution in [2.24, 2.45) is 0 Å². The normalized spacial score (nSPS) is 11.9. The Morgan fingerprint density at radius 2 is 1.62 bits per heavy atom. The second kappa shape index (κ2) is 9.22. The van der Waals surface area contributed by atoms with Gasteiger partial charge < -0.3 is 14.2 Å². The fourth-order valence-electron chi connectivity index (χ4n) is 2.69. The van der Waals surface area contributed by atoms with Gasteiger partial charge in [-0.3, -0.25) is 9.80 Å². The fraction of sp³-hybridized carbons (Fsp3) is 0.350. The van der Waals surface area contributed by atoms with Gasteiger partial charge in [0.05, 0.1) is 14.2 Å². The van der Waals surface area contributed by atoms with Crippen LogP contribution in [0.2, 0.25) is 0 Å². The van der Waals surface area contributed by atoms with Crippen molar-refractivity contribution in [3.63, 3.8) is 0 Å². The number of hydrogen-bond donors (Lipinski definition) is 0. The maximum absolute atomic E-state index is 12.8. The Morgan fingerprint density at radius 1 is 0.962 bits per heavy atom. The van der Waals surface area contributed by atoms with E-state index in [1.165, 1.54) is 7.11 Å². The van der Waals surface area contributed by atoms with E-state index in [1.807, 2.05) is 60.6 Å². The molecule has 0 saturated carbocycles. The van der Waals surface area contributed by atoms with Crippen molar-refractivity contribution in [3.05, 3.63) is 59.7 Å². The average molecular weight is 358 g/mol. The van der Waals surface area contributed by atoms with Crippen LogP contribution in [-0.4, -0.2) is 51.3 Å². The molecule has 0 fully saturated rings. The molecule has 2 aromatic carbocycles. The molecule has 6 heteroatoms. The van der Waals surface area contributed by atoms with E-state index in [2.05, 4.69) is 0 Å². The monoisotopic (exact) mass is 358 g/mol. The predicted molar refractivity (Wildman–Crippen MR) is 100.0 cm³/mol. The third kappa shape index (κ3) is 4.53. The first kappa shape index (κ1) is 19.8. The highest BCUT2D eigenvalue weighted by Gasteiger charge is 2.25. The van der Waals surface area contributed by atoms with E-state index in [9.17, 15) is 4.79 Å². The molecular formula is C20H26N2O4. The van der Waals surface area contributed by atoms with Crippen molar-refractivity contribution >= 4 is 5.91 Å². The van der Waals surface area contributed by atoms with Crippen LogP contribution in [0, 0.1) is 0 Å². The van der Waals surface area contributed by atoms with Crippen molar-refractivity contribution < 1.29 is 19.0 Å². The van der Waals surface area contributed by atoms with Crippen LogP contribution in [0.15, 0.2) is 48.5 Å². The third-order valence-electron chi connectivity index (χ3n) is 4.25. The number of carbonyl (C=O) groups is 1. The number of ether oxygens (including phenoxy) is 3. The molecule has 2 rings (SSSR count). The van der Waals surface area contributed by atoms with Crippen molar-refractivity contribution in [1.29, 1.82) is 0 Å². The van der Waals surface area contributed by atoms with Crippen LogP contribution in [0.5, 0.6) is 11.5 Å². The van der Waals surface area contributed by atoms with Gasteiger partial charge in [0.15, 0.2) is 17.6 Å². The van der Waals surface area contributed by atoms with Gasteiger partial charge in [0.1, 0.15) is 0 Å². The quantitative estimate of drug-likeness (QED) is 0.679. The Kier molecular flexibility index (Phi) is 7.00. The summed E-state index contributed by atoms with van der Waals surface area (Å²) in [4.78, 5) is 12.8. The summed E-state index contributed by atoms with van der Waals surface area (Å²) >= 11 is 0. The van der Waals surface area contributed by atoms with Crippen LogP contribution in [0.4, 0.5) is 0 Å². The van der Waals surface area contributed by atoms with Crippen LogP contribution >= 0.6 is 0 Å². The first-order valence-electron chi connectivity index (χ1n) is 8.29. The average Bonchev–Trinajstić information content (AvgIpc) is 2.68. The summed E-state index contributed by atoms with van der Waals surface area (Å²) in [7, 11) is 8.33. The molecule has 1 amide bonds. The summed E-state index contributed by atoms with van der Waals surface area (Å²) < 4.78 is 16.0. The number of methoxy groups -OCH3 is 3. The minimum atomic E-state index is -0.644. The molecule has 0 saturated heterocycles. The number of carbonyl (C=O) groups excluding carboxylic acids is 1. The summed E-state index contributed by atoms with van der Waals surface area (Å²) in [5.74, 6) is 1.19. The van der Waals surface area contributed by atoms with Crippen LogP contribution < -0.4 is 9.47 Å². The highest BCUT2D eigenvalue weighted by molar-refractivity contribution is 5.81. The Morgan fingerprint density at radius 3 is 2.19 bits per heavy atom. The number of benzene rings is 2. The Bertz CT molecular complexity index is 721. The van der Waals surface area contributed by atoms with E-state index in [0.29, 0.717) is 18.0 Å². The molecule has 0 N–H and O–H groups in total. The predicted octanol–water partition coefficient (Wildman–Crippen LogP) is 2.90. The molecule has 2 aromatic rings. The molecule has 0 heterocycles. The van der Waals surface area contributed by atoms with E-state index >= 15 is 0 Å². The lowest BCUT2D eigenvalue weighted by Crippen LogP contribution is -2.43. The van der Waals surface area contributed by atoms with Crippen LogP contribution in [0.1, 0.15) is 17.2 Å². The van der Waals surface area contributed by atoms with Gasteiger partial charge in [-0.1, -0.05) is 36.4 Å². The smallest absolute Gasteiger partial charge is 0.270 e. The van der Waals surface area contributed by atoms with Crippen molar-refractivity contribution in [2.75, 3.05) is 35.4 Å². The van der Waals surface area contributed by atoms with Gasteiger partial charge in [0, 0.05) is 27.7 Å². The fourth-order valence-corrected chi connectivity index (χ4v) is 2.69. The molecule has 26 heavy (non-hydrogen) atoms.